The van der Waals surface area contributed by atoms with Crippen molar-refractivity contribution < 1.29 is 8.42 Å². The Morgan fingerprint density at radius 3 is 2.61 bits per heavy atom. The highest BCUT2D eigenvalue weighted by atomic mass is 32.2. The predicted octanol–water partition coefficient (Wildman–Crippen LogP) is 1.83. The average Bonchev–Trinajstić information content (AvgIpc) is 2.38. The van der Waals surface area contributed by atoms with Gasteiger partial charge in [-0.3, -0.25) is 0 Å². The van der Waals surface area contributed by atoms with E-state index in [9.17, 15) is 8.42 Å². The van der Waals surface area contributed by atoms with Gasteiger partial charge in [-0.05, 0) is 30.7 Å². The zero-order valence-electron chi connectivity index (χ0n) is 11.3. The van der Waals surface area contributed by atoms with Crippen LogP contribution in [0.5, 0.6) is 0 Å². The molecule has 1 N–H and O–H groups in total. The zero-order chi connectivity index (χ0) is 13.6. The summed E-state index contributed by atoms with van der Waals surface area (Å²) < 4.78 is 25.7. The van der Waals surface area contributed by atoms with Crippen LogP contribution in [0.1, 0.15) is 25.8 Å². The first kappa shape index (κ1) is 15.1. The molecule has 0 unspecified atom stereocenters. The van der Waals surface area contributed by atoms with Crippen LogP contribution in [-0.2, 0) is 16.6 Å². The molecule has 0 fully saturated rings. The molecule has 0 saturated carbocycles. The van der Waals surface area contributed by atoms with Crippen LogP contribution in [0.25, 0.3) is 0 Å². The SMILES string of the molecule is CCCNCc1cccc(S(=O)(=O)N(C)CC)c1. The molecule has 0 atom stereocenters. The maximum absolute atomic E-state index is 12.2. The van der Waals surface area contributed by atoms with Gasteiger partial charge < -0.3 is 5.32 Å². The molecule has 0 bridgehead atoms. The van der Waals surface area contributed by atoms with Crippen LogP contribution in [0.2, 0.25) is 0 Å². The summed E-state index contributed by atoms with van der Waals surface area (Å²) in [5.41, 5.74) is 0.994. The maximum atomic E-state index is 12.2. The molecule has 0 aromatic heterocycles. The third-order valence-electron chi connectivity index (χ3n) is 2.81. The number of sulfonamides is 1. The van der Waals surface area contributed by atoms with Gasteiger partial charge in [0.1, 0.15) is 0 Å². The largest absolute Gasteiger partial charge is 0.313 e. The van der Waals surface area contributed by atoms with Gasteiger partial charge in [-0.15, -0.1) is 0 Å². The van der Waals surface area contributed by atoms with Crippen molar-refractivity contribution in [2.24, 2.45) is 0 Å². The van der Waals surface area contributed by atoms with Gasteiger partial charge in [0.25, 0.3) is 0 Å². The molecule has 0 aliphatic carbocycles. The highest BCUT2D eigenvalue weighted by Gasteiger charge is 2.18. The molecule has 0 radical (unpaired) electrons. The third kappa shape index (κ3) is 3.80. The van der Waals surface area contributed by atoms with Gasteiger partial charge in [-0.2, -0.15) is 0 Å². The fraction of sp³-hybridized carbons (Fsp3) is 0.538. The number of nitrogens with one attached hydrogen (secondary N) is 1. The molecule has 1 aromatic rings. The number of rotatable bonds is 7. The minimum absolute atomic E-state index is 0.364. The Morgan fingerprint density at radius 2 is 2.00 bits per heavy atom. The minimum Gasteiger partial charge on any atom is -0.313 e. The Balaban J connectivity index is 2.88. The molecule has 0 aliphatic rings. The molecule has 0 amide bonds. The van der Waals surface area contributed by atoms with E-state index in [1.54, 1.807) is 25.2 Å². The smallest absolute Gasteiger partial charge is 0.242 e. The van der Waals surface area contributed by atoms with Crippen molar-refractivity contribution in [2.75, 3.05) is 20.1 Å². The Morgan fingerprint density at radius 1 is 1.28 bits per heavy atom. The number of nitrogens with zero attached hydrogens (tertiary/aromatic N) is 1. The Bertz CT molecular complexity index is 472. The van der Waals surface area contributed by atoms with Gasteiger partial charge in [-0.25, -0.2) is 12.7 Å². The Hall–Kier alpha value is -0.910. The van der Waals surface area contributed by atoms with Crippen molar-refractivity contribution in [3.63, 3.8) is 0 Å². The van der Waals surface area contributed by atoms with Gasteiger partial charge >= 0.3 is 0 Å². The lowest BCUT2D eigenvalue weighted by molar-refractivity contribution is 0.486. The molecular formula is C13H22N2O2S. The van der Waals surface area contributed by atoms with Crippen LogP contribution < -0.4 is 5.32 Å². The van der Waals surface area contributed by atoms with Crippen molar-refractivity contribution in [3.8, 4) is 0 Å². The van der Waals surface area contributed by atoms with Gasteiger partial charge in [-0.1, -0.05) is 26.0 Å². The van der Waals surface area contributed by atoms with E-state index in [4.69, 9.17) is 0 Å². The van der Waals surface area contributed by atoms with E-state index in [1.807, 2.05) is 13.0 Å². The van der Waals surface area contributed by atoms with Crippen LogP contribution in [-0.4, -0.2) is 32.9 Å². The summed E-state index contributed by atoms with van der Waals surface area (Å²) in [6.45, 7) is 6.04. The second-order valence-corrected chi connectivity index (χ2v) is 6.29. The molecule has 1 aromatic carbocycles. The topological polar surface area (TPSA) is 49.4 Å². The monoisotopic (exact) mass is 270 g/mol. The number of hydrogen-bond acceptors (Lipinski definition) is 3. The van der Waals surface area contributed by atoms with Crippen molar-refractivity contribution >= 4 is 10.0 Å². The quantitative estimate of drug-likeness (QED) is 0.769. The van der Waals surface area contributed by atoms with E-state index >= 15 is 0 Å². The summed E-state index contributed by atoms with van der Waals surface area (Å²) in [6.07, 6.45) is 1.07. The lowest BCUT2D eigenvalue weighted by atomic mass is 10.2. The van der Waals surface area contributed by atoms with Crippen molar-refractivity contribution in [2.45, 2.75) is 31.7 Å². The molecule has 1 rings (SSSR count). The number of hydrogen-bond donors (Lipinski definition) is 1. The molecule has 102 valence electrons. The molecule has 4 nitrogen and oxygen atoms in total. The third-order valence-corrected chi connectivity index (χ3v) is 4.74. The first-order valence-electron chi connectivity index (χ1n) is 6.28. The summed E-state index contributed by atoms with van der Waals surface area (Å²) in [5.74, 6) is 0. The number of benzene rings is 1. The molecular weight excluding hydrogens is 248 g/mol. The van der Waals surface area contributed by atoms with E-state index in [0.717, 1.165) is 18.5 Å². The van der Waals surface area contributed by atoms with Gasteiger partial charge in [0, 0.05) is 20.1 Å². The lowest BCUT2D eigenvalue weighted by Crippen LogP contribution is -2.26. The Kier molecular flexibility index (Phi) is 5.78. The molecule has 0 saturated heterocycles. The summed E-state index contributed by atoms with van der Waals surface area (Å²) in [7, 11) is -1.74. The second kappa shape index (κ2) is 6.87. The van der Waals surface area contributed by atoms with Gasteiger partial charge in [0.05, 0.1) is 4.90 Å². The molecule has 0 aliphatic heterocycles. The first-order chi connectivity index (χ1) is 8.52. The Labute approximate surface area is 110 Å². The summed E-state index contributed by atoms with van der Waals surface area (Å²) in [6, 6.07) is 7.11. The van der Waals surface area contributed by atoms with Gasteiger partial charge in [0.15, 0.2) is 0 Å². The fourth-order valence-corrected chi connectivity index (χ4v) is 2.83. The maximum Gasteiger partial charge on any atom is 0.242 e. The first-order valence-corrected chi connectivity index (χ1v) is 7.72. The van der Waals surface area contributed by atoms with E-state index in [0.29, 0.717) is 18.0 Å². The predicted molar refractivity (Wildman–Crippen MR) is 73.9 cm³/mol. The van der Waals surface area contributed by atoms with E-state index < -0.39 is 10.0 Å². The standard InChI is InChI=1S/C13H22N2O2S/c1-4-9-14-11-12-7-6-8-13(10-12)18(16,17)15(3)5-2/h6-8,10,14H,4-5,9,11H2,1-3H3. The minimum atomic E-state index is -3.34. The van der Waals surface area contributed by atoms with Crippen molar-refractivity contribution in [3.05, 3.63) is 29.8 Å². The second-order valence-electron chi connectivity index (χ2n) is 4.24. The normalized spacial score (nSPS) is 12.0. The molecule has 0 heterocycles. The zero-order valence-corrected chi connectivity index (χ0v) is 12.1. The van der Waals surface area contributed by atoms with Crippen molar-refractivity contribution in [1.82, 2.24) is 9.62 Å². The van der Waals surface area contributed by atoms with Crippen LogP contribution >= 0.6 is 0 Å². The van der Waals surface area contributed by atoms with Crippen LogP contribution in [0, 0.1) is 0 Å². The van der Waals surface area contributed by atoms with Crippen molar-refractivity contribution in [1.29, 1.82) is 0 Å². The van der Waals surface area contributed by atoms with Gasteiger partial charge in [0.2, 0.25) is 10.0 Å². The molecule has 5 heteroatoms. The summed E-state index contributed by atoms with van der Waals surface area (Å²) >= 11 is 0. The molecule has 18 heavy (non-hydrogen) atoms. The van der Waals surface area contributed by atoms with E-state index in [-0.39, 0.29) is 0 Å². The van der Waals surface area contributed by atoms with E-state index in [2.05, 4.69) is 12.2 Å². The summed E-state index contributed by atoms with van der Waals surface area (Å²) in [5, 5.41) is 3.26. The van der Waals surface area contributed by atoms with Crippen LogP contribution in [0.3, 0.4) is 0 Å². The highest BCUT2D eigenvalue weighted by molar-refractivity contribution is 7.89. The highest BCUT2D eigenvalue weighted by Crippen LogP contribution is 2.15. The van der Waals surface area contributed by atoms with Crippen LogP contribution in [0.15, 0.2) is 29.2 Å². The van der Waals surface area contributed by atoms with E-state index in [1.165, 1.54) is 4.31 Å². The molecule has 0 spiro atoms. The summed E-state index contributed by atoms with van der Waals surface area (Å²) in [4.78, 5) is 0.364. The lowest BCUT2D eigenvalue weighted by Gasteiger charge is -2.15. The average molecular weight is 270 g/mol. The van der Waals surface area contributed by atoms with Crippen LogP contribution in [0.4, 0.5) is 0 Å². The fourth-order valence-electron chi connectivity index (χ4n) is 1.58.